The number of hydrogen-bond acceptors (Lipinski definition) is 4. The lowest BCUT2D eigenvalue weighted by atomic mass is 9.94. The smallest absolute Gasteiger partial charge is 0.271 e. The number of alkyl halides is 1. The molecular weight excluding hydrogens is 325 g/mol. The van der Waals surface area contributed by atoms with Crippen LogP contribution in [-0.2, 0) is 0 Å². The van der Waals surface area contributed by atoms with Crippen molar-refractivity contribution in [3.63, 3.8) is 0 Å². The largest absolute Gasteiger partial charge is 0.488 e. The Morgan fingerprint density at radius 2 is 2.00 bits per heavy atom. The molecule has 0 saturated heterocycles. The first-order chi connectivity index (χ1) is 11.8. The number of aliphatic hydroxyl groups excluding tert-OH is 1. The molecule has 0 radical (unpaired) electrons. The first kappa shape index (κ1) is 19.2. The second kappa shape index (κ2) is 8.31. The lowest BCUT2D eigenvalue weighted by molar-refractivity contribution is 0.0942. The molecule has 1 aromatic rings. The number of halogens is 1. The van der Waals surface area contributed by atoms with E-state index >= 15 is 0 Å². The van der Waals surface area contributed by atoms with E-state index in [4.69, 9.17) is 4.74 Å². The predicted molar refractivity (Wildman–Crippen MR) is 94.2 cm³/mol. The molecule has 4 unspecified atom stereocenters. The fourth-order valence-electron chi connectivity index (χ4n) is 2.69. The van der Waals surface area contributed by atoms with E-state index in [1.165, 1.54) is 13.1 Å². The summed E-state index contributed by atoms with van der Waals surface area (Å²) in [6, 6.07) is 1.62. The first-order valence-electron chi connectivity index (χ1n) is 8.38. The van der Waals surface area contributed by atoms with Gasteiger partial charge >= 0.3 is 0 Å². The first-order valence-corrected chi connectivity index (χ1v) is 8.38. The van der Waals surface area contributed by atoms with Crippen molar-refractivity contribution in [1.29, 1.82) is 0 Å². The monoisotopic (exact) mass is 351 g/mol. The average molecular weight is 351 g/mol. The van der Waals surface area contributed by atoms with Gasteiger partial charge in [0.15, 0.2) is 5.75 Å². The SMILES string of the molecule is CNC(=O)c1[nH]c(C(O)NC(C)C)cc1OC(C)C1C=CC=CC1F. The molecule has 25 heavy (non-hydrogen) atoms. The maximum Gasteiger partial charge on any atom is 0.271 e. The molecule has 0 saturated carbocycles. The topological polar surface area (TPSA) is 86.4 Å². The molecule has 7 heteroatoms. The molecule has 4 atom stereocenters. The second-order valence-corrected chi connectivity index (χ2v) is 6.38. The maximum absolute atomic E-state index is 14.0. The fourth-order valence-corrected chi connectivity index (χ4v) is 2.69. The van der Waals surface area contributed by atoms with Crippen LogP contribution < -0.4 is 15.4 Å². The number of aromatic amines is 1. The number of aliphatic hydroxyl groups is 1. The van der Waals surface area contributed by atoms with Gasteiger partial charge in [0.25, 0.3) is 5.91 Å². The lowest BCUT2D eigenvalue weighted by Gasteiger charge is -2.25. The molecule has 6 nitrogen and oxygen atoms in total. The van der Waals surface area contributed by atoms with Crippen LogP contribution >= 0.6 is 0 Å². The third kappa shape index (κ3) is 4.70. The van der Waals surface area contributed by atoms with E-state index in [0.29, 0.717) is 5.69 Å². The minimum atomic E-state index is -1.14. The highest BCUT2D eigenvalue weighted by Crippen LogP contribution is 2.28. The van der Waals surface area contributed by atoms with Gasteiger partial charge in [-0.05, 0) is 26.8 Å². The average Bonchev–Trinajstić information content (AvgIpc) is 2.97. The Morgan fingerprint density at radius 3 is 2.60 bits per heavy atom. The van der Waals surface area contributed by atoms with E-state index in [2.05, 4.69) is 15.6 Å². The summed E-state index contributed by atoms with van der Waals surface area (Å²) in [5, 5.41) is 15.7. The van der Waals surface area contributed by atoms with Gasteiger partial charge in [0, 0.05) is 25.1 Å². The van der Waals surface area contributed by atoms with Gasteiger partial charge in [-0.2, -0.15) is 0 Å². The van der Waals surface area contributed by atoms with Crippen molar-refractivity contribution in [2.24, 2.45) is 5.92 Å². The highest BCUT2D eigenvalue weighted by molar-refractivity contribution is 5.95. The summed E-state index contributed by atoms with van der Waals surface area (Å²) in [5.41, 5.74) is 0.602. The van der Waals surface area contributed by atoms with Crippen LogP contribution in [-0.4, -0.2) is 41.4 Å². The van der Waals surface area contributed by atoms with Crippen LogP contribution in [0.4, 0.5) is 4.39 Å². The van der Waals surface area contributed by atoms with Crippen LogP contribution in [0.25, 0.3) is 0 Å². The molecule has 0 aliphatic heterocycles. The maximum atomic E-state index is 14.0. The number of nitrogens with one attached hydrogen (secondary N) is 3. The molecule has 0 bridgehead atoms. The normalized spacial score (nSPS) is 22.0. The molecule has 2 rings (SSSR count). The zero-order valence-corrected chi connectivity index (χ0v) is 14.9. The molecule has 1 aromatic heterocycles. The molecule has 1 aliphatic carbocycles. The third-order valence-electron chi connectivity index (χ3n) is 4.00. The Kier molecular flexibility index (Phi) is 6.39. The van der Waals surface area contributed by atoms with E-state index in [9.17, 15) is 14.3 Å². The van der Waals surface area contributed by atoms with Gasteiger partial charge in [0.1, 0.15) is 24.2 Å². The number of amides is 1. The molecule has 1 heterocycles. The van der Waals surface area contributed by atoms with Crippen molar-refractivity contribution < 1.29 is 19.0 Å². The number of aromatic nitrogens is 1. The summed E-state index contributed by atoms with van der Waals surface area (Å²) in [6.07, 6.45) is 4.06. The van der Waals surface area contributed by atoms with Crippen LogP contribution in [0.3, 0.4) is 0 Å². The molecular formula is C18H26FN3O3. The van der Waals surface area contributed by atoms with Crippen LogP contribution in [0.2, 0.25) is 0 Å². The van der Waals surface area contributed by atoms with Gasteiger partial charge in [-0.3, -0.25) is 10.1 Å². The third-order valence-corrected chi connectivity index (χ3v) is 4.00. The summed E-state index contributed by atoms with van der Waals surface area (Å²) in [4.78, 5) is 15.0. The van der Waals surface area contributed by atoms with Gasteiger partial charge in [-0.25, -0.2) is 4.39 Å². The number of hydrogen-bond donors (Lipinski definition) is 4. The quantitative estimate of drug-likeness (QED) is 0.567. The number of rotatable bonds is 7. The number of carbonyl (C=O) groups is 1. The zero-order valence-electron chi connectivity index (χ0n) is 14.9. The highest BCUT2D eigenvalue weighted by Gasteiger charge is 2.28. The van der Waals surface area contributed by atoms with Crippen molar-refractivity contribution in [2.45, 2.75) is 45.3 Å². The molecule has 0 aromatic carbocycles. The summed E-state index contributed by atoms with van der Waals surface area (Å²) in [7, 11) is 1.51. The summed E-state index contributed by atoms with van der Waals surface area (Å²) >= 11 is 0. The number of ether oxygens (including phenoxy) is 1. The van der Waals surface area contributed by atoms with Crippen molar-refractivity contribution in [1.82, 2.24) is 15.6 Å². The molecule has 1 amide bonds. The molecule has 0 spiro atoms. The Morgan fingerprint density at radius 1 is 1.32 bits per heavy atom. The highest BCUT2D eigenvalue weighted by atomic mass is 19.1. The van der Waals surface area contributed by atoms with Crippen LogP contribution in [0.5, 0.6) is 5.75 Å². The van der Waals surface area contributed by atoms with Gasteiger partial charge in [0.2, 0.25) is 0 Å². The Bertz CT molecular complexity index is 654. The summed E-state index contributed by atoms with van der Waals surface area (Å²) in [5.74, 6) is -0.540. The van der Waals surface area contributed by atoms with E-state index in [1.54, 1.807) is 31.2 Å². The van der Waals surface area contributed by atoms with Crippen molar-refractivity contribution in [3.05, 3.63) is 41.8 Å². The lowest BCUT2D eigenvalue weighted by Crippen LogP contribution is -2.30. The summed E-state index contributed by atoms with van der Waals surface area (Å²) in [6.45, 7) is 5.55. The van der Waals surface area contributed by atoms with Crippen LogP contribution in [0, 0.1) is 5.92 Å². The predicted octanol–water partition coefficient (Wildman–Crippen LogP) is 2.21. The van der Waals surface area contributed by atoms with E-state index in [1.807, 2.05) is 13.8 Å². The van der Waals surface area contributed by atoms with Gasteiger partial charge in [-0.1, -0.05) is 18.2 Å². The van der Waals surface area contributed by atoms with E-state index in [0.717, 1.165) is 0 Å². The van der Waals surface area contributed by atoms with Gasteiger partial charge in [0.05, 0.1) is 5.69 Å². The fraction of sp³-hybridized carbons (Fsp3) is 0.500. The molecule has 138 valence electrons. The minimum absolute atomic E-state index is 0.0523. The zero-order chi connectivity index (χ0) is 18.6. The molecule has 4 N–H and O–H groups in total. The second-order valence-electron chi connectivity index (χ2n) is 6.38. The molecule has 0 fully saturated rings. The van der Waals surface area contributed by atoms with E-state index < -0.39 is 24.4 Å². The van der Waals surface area contributed by atoms with Crippen molar-refractivity contribution in [3.8, 4) is 5.75 Å². The van der Waals surface area contributed by atoms with Crippen LogP contribution in [0.15, 0.2) is 30.4 Å². The number of H-pyrrole nitrogens is 1. The Labute approximate surface area is 147 Å². The van der Waals surface area contributed by atoms with Crippen LogP contribution in [0.1, 0.15) is 43.2 Å². The van der Waals surface area contributed by atoms with Gasteiger partial charge in [-0.15, -0.1) is 0 Å². The van der Waals surface area contributed by atoms with E-state index in [-0.39, 0.29) is 23.4 Å². The van der Waals surface area contributed by atoms with Gasteiger partial charge < -0.3 is 20.1 Å². The Hall–Kier alpha value is -2.12. The standard InChI is InChI=1S/C18H26FN3O3/c1-10(2)21-17(23)14-9-15(16(22-14)18(24)20-4)25-11(3)12-7-5-6-8-13(12)19/h5-13,17,21-23H,1-4H3,(H,20,24). The summed E-state index contributed by atoms with van der Waals surface area (Å²) < 4.78 is 19.9. The van der Waals surface area contributed by atoms with Crippen molar-refractivity contribution >= 4 is 5.91 Å². The Balaban J connectivity index is 2.22. The number of allylic oxidation sites excluding steroid dienone is 3. The van der Waals surface area contributed by atoms with Crippen molar-refractivity contribution in [2.75, 3.05) is 7.05 Å². The minimum Gasteiger partial charge on any atom is -0.488 e. The molecule has 1 aliphatic rings. The number of carbonyl (C=O) groups excluding carboxylic acids is 1.